The van der Waals surface area contributed by atoms with Crippen LogP contribution in [0, 0.1) is 0 Å². The fourth-order valence-corrected chi connectivity index (χ4v) is 2.40. The number of hydrogen-bond donors (Lipinski definition) is 1. The zero-order valence-corrected chi connectivity index (χ0v) is 12.7. The van der Waals surface area contributed by atoms with Gasteiger partial charge in [-0.15, -0.1) is 0 Å². The van der Waals surface area contributed by atoms with Gasteiger partial charge in [0, 0.05) is 22.2 Å². The summed E-state index contributed by atoms with van der Waals surface area (Å²) in [5.41, 5.74) is 0.629. The number of halogens is 2. The van der Waals surface area contributed by atoms with Crippen LogP contribution in [0.1, 0.15) is 25.5 Å². The Morgan fingerprint density at radius 1 is 1.30 bits per heavy atom. The van der Waals surface area contributed by atoms with Crippen molar-refractivity contribution in [2.24, 2.45) is 0 Å². The Bertz CT molecular complexity index is 602. The van der Waals surface area contributed by atoms with E-state index in [1.165, 1.54) is 0 Å². The topological polar surface area (TPSA) is 46.9 Å². The number of nitrogens with zero attached hydrogens (tertiary/aromatic N) is 2. The molecule has 0 aliphatic rings. The molecule has 0 saturated carbocycles. The van der Waals surface area contributed by atoms with Gasteiger partial charge in [-0.05, 0) is 31.5 Å². The number of hydrogen-bond acceptors (Lipinski definition) is 2. The first-order valence-corrected chi connectivity index (χ1v) is 7.01. The first kappa shape index (κ1) is 14.9. The maximum Gasteiger partial charge on any atom is 0.230 e. The van der Waals surface area contributed by atoms with E-state index in [1.54, 1.807) is 35.1 Å². The van der Waals surface area contributed by atoms with Gasteiger partial charge in [-0.1, -0.05) is 29.3 Å². The molecule has 106 valence electrons. The van der Waals surface area contributed by atoms with Crippen molar-refractivity contribution in [2.45, 2.75) is 26.3 Å². The Balaban J connectivity index is 2.12. The average Bonchev–Trinajstić information content (AvgIpc) is 2.82. The summed E-state index contributed by atoms with van der Waals surface area (Å²) in [6, 6.07) is 7.11. The predicted molar refractivity (Wildman–Crippen MR) is 81.4 cm³/mol. The van der Waals surface area contributed by atoms with Gasteiger partial charge in [0.05, 0.1) is 12.6 Å². The molecular weight excluding hydrogens is 297 g/mol. The SMILES string of the molecule is CC(C)n1nccc1NC(=O)Cc1c(Cl)cccc1Cl. The van der Waals surface area contributed by atoms with Crippen molar-refractivity contribution in [2.75, 3.05) is 5.32 Å². The number of nitrogens with one attached hydrogen (secondary N) is 1. The zero-order chi connectivity index (χ0) is 14.7. The van der Waals surface area contributed by atoms with Gasteiger partial charge in [0.15, 0.2) is 0 Å². The molecule has 0 spiro atoms. The lowest BCUT2D eigenvalue weighted by Crippen LogP contribution is -2.18. The summed E-state index contributed by atoms with van der Waals surface area (Å²) in [5, 5.41) is 7.96. The minimum absolute atomic E-state index is 0.127. The van der Waals surface area contributed by atoms with Crippen LogP contribution in [0.5, 0.6) is 0 Å². The van der Waals surface area contributed by atoms with Crippen LogP contribution in [0.2, 0.25) is 10.0 Å². The molecule has 0 aliphatic carbocycles. The molecule has 0 radical (unpaired) electrons. The highest BCUT2D eigenvalue weighted by atomic mass is 35.5. The lowest BCUT2D eigenvalue weighted by molar-refractivity contribution is -0.115. The van der Waals surface area contributed by atoms with E-state index in [4.69, 9.17) is 23.2 Å². The molecule has 0 aliphatic heterocycles. The van der Waals surface area contributed by atoms with Crippen molar-refractivity contribution >= 4 is 34.9 Å². The number of aromatic nitrogens is 2. The maximum atomic E-state index is 12.1. The van der Waals surface area contributed by atoms with E-state index in [2.05, 4.69) is 10.4 Å². The molecule has 0 atom stereocenters. The van der Waals surface area contributed by atoms with E-state index < -0.39 is 0 Å². The smallest absolute Gasteiger partial charge is 0.230 e. The Morgan fingerprint density at radius 2 is 1.95 bits per heavy atom. The highest BCUT2D eigenvalue weighted by Crippen LogP contribution is 2.25. The third-order valence-electron chi connectivity index (χ3n) is 2.83. The van der Waals surface area contributed by atoms with E-state index in [9.17, 15) is 4.79 Å². The monoisotopic (exact) mass is 311 g/mol. The molecule has 2 aromatic rings. The molecule has 2 rings (SSSR count). The fourth-order valence-electron chi connectivity index (χ4n) is 1.87. The number of rotatable bonds is 4. The van der Waals surface area contributed by atoms with Crippen LogP contribution in [-0.4, -0.2) is 15.7 Å². The second-order valence-electron chi connectivity index (χ2n) is 4.68. The minimum atomic E-state index is -0.178. The number of carbonyl (C=O) groups is 1. The molecule has 1 amide bonds. The molecule has 6 heteroatoms. The van der Waals surface area contributed by atoms with Crippen molar-refractivity contribution in [1.29, 1.82) is 0 Å². The van der Waals surface area contributed by atoms with Crippen molar-refractivity contribution in [3.05, 3.63) is 46.1 Å². The van der Waals surface area contributed by atoms with E-state index >= 15 is 0 Å². The number of anilines is 1. The van der Waals surface area contributed by atoms with Crippen molar-refractivity contribution in [1.82, 2.24) is 9.78 Å². The van der Waals surface area contributed by atoms with Crippen molar-refractivity contribution < 1.29 is 4.79 Å². The van der Waals surface area contributed by atoms with E-state index in [0.717, 1.165) is 0 Å². The highest BCUT2D eigenvalue weighted by Gasteiger charge is 2.13. The van der Waals surface area contributed by atoms with Crippen LogP contribution < -0.4 is 5.32 Å². The van der Waals surface area contributed by atoms with Crippen LogP contribution in [0.15, 0.2) is 30.5 Å². The molecule has 0 fully saturated rings. The average molecular weight is 312 g/mol. The maximum absolute atomic E-state index is 12.1. The molecule has 1 aromatic heterocycles. The summed E-state index contributed by atoms with van der Waals surface area (Å²) in [6.45, 7) is 3.99. The van der Waals surface area contributed by atoms with Crippen LogP contribution in [0.3, 0.4) is 0 Å². The first-order valence-electron chi connectivity index (χ1n) is 6.25. The summed E-state index contributed by atoms with van der Waals surface area (Å²) in [4.78, 5) is 12.1. The van der Waals surface area contributed by atoms with Crippen LogP contribution in [0.25, 0.3) is 0 Å². The van der Waals surface area contributed by atoms with Crippen molar-refractivity contribution in [3.8, 4) is 0 Å². The highest BCUT2D eigenvalue weighted by molar-refractivity contribution is 6.36. The van der Waals surface area contributed by atoms with Crippen LogP contribution >= 0.6 is 23.2 Å². The van der Waals surface area contributed by atoms with Crippen molar-refractivity contribution in [3.63, 3.8) is 0 Å². The molecule has 0 saturated heterocycles. The third kappa shape index (κ3) is 3.32. The molecular formula is C14H15Cl2N3O. The van der Waals surface area contributed by atoms with Crippen LogP contribution in [-0.2, 0) is 11.2 Å². The van der Waals surface area contributed by atoms with Gasteiger partial charge in [-0.3, -0.25) is 4.79 Å². The third-order valence-corrected chi connectivity index (χ3v) is 3.53. The summed E-state index contributed by atoms with van der Waals surface area (Å²) in [6.07, 6.45) is 1.78. The summed E-state index contributed by atoms with van der Waals surface area (Å²) < 4.78 is 1.74. The minimum Gasteiger partial charge on any atom is -0.311 e. The van der Waals surface area contributed by atoms with Gasteiger partial charge in [0.25, 0.3) is 0 Å². The number of carbonyl (C=O) groups excluding carboxylic acids is 1. The first-order chi connectivity index (χ1) is 9.49. The molecule has 0 unspecified atom stereocenters. The van der Waals surface area contributed by atoms with Gasteiger partial charge in [0.2, 0.25) is 5.91 Å². The summed E-state index contributed by atoms with van der Waals surface area (Å²) >= 11 is 12.1. The second kappa shape index (κ2) is 6.29. The Hall–Kier alpha value is -1.52. The molecule has 20 heavy (non-hydrogen) atoms. The number of benzene rings is 1. The van der Waals surface area contributed by atoms with Gasteiger partial charge < -0.3 is 5.32 Å². The quantitative estimate of drug-likeness (QED) is 0.929. The summed E-state index contributed by atoms with van der Waals surface area (Å²) in [5.74, 6) is 0.482. The van der Waals surface area contributed by atoms with Crippen LogP contribution in [0.4, 0.5) is 5.82 Å². The van der Waals surface area contributed by atoms with E-state index in [0.29, 0.717) is 21.4 Å². The number of amides is 1. The van der Waals surface area contributed by atoms with E-state index in [1.807, 2.05) is 13.8 Å². The standard InChI is InChI=1S/C14H15Cl2N3O/c1-9(2)19-13(6-7-17-19)18-14(20)8-10-11(15)4-3-5-12(10)16/h3-7,9H,8H2,1-2H3,(H,18,20). The Kier molecular flexibility index (Phi) is 4.68. The lowest BCUT2D eigenvalue weighted by atomic mass is 10.1. The summed E-state index contributed by atoms with van der Waals surface area (Å²) in [7, 11) is 0. The van der Waals surface area contributed by atoms with Gasteiger partial charge in [-0.2, -0.15) is 5.10 Å². The second-order valence-corrected chi connectivity index (χ2v) is 5.49. The Morgan fingerprint density at radius 3 is 2.55 bits per heavy atom. The van der Waals surface area contributed by atoms with Gasteiger partial charge >= 0.3 is 0 Å². The van der Waals surface area contributed by atoms with E-state index in [-0.39, 0.29) is 18.4 Å². The molecule has 1 aromatic carbocycles. The Labute approximate surface area is 127 Å². The molecule has 0 bridgehead atoms. The molecule has 4 nitrogen and oxygen atoms in total. The fraction of sp³-hybridized carbons (Fsp3) is 0.286. The lowest BCUT2D eigenvalue weighted by Gasteiger charge is -2.12. The van der Waals surface area contributed by atoms with Gasteiger partial charge in [-0.25, -0.2) is 4.68 Å². The molecule has 1 heterocycles. The molecule has 1 N–H and O–H groups in total. The van der Waals surface area contributed by atoms with Gasteiger partial charge in [0.1, 0.15) is 5.82 Å². The normalized spacial score (nSPS) is 10.8. The predicted octanol–water partition coefficient (Wildman–Crippen LogP) is 3.95. The largest absolute Gasteiger partial charge is 0.311 e. The zero-order valence-electron chi connectivity index (χ0n) is 11.2.